The number of rotatable bonds is 5. The summed E-state index contributed by atoms with van der Waals surface area (Å²) in [6.45, 7) is 0. The van der Waals surface area contributed by atoms with E-state index < -0.39 is 6.23 Å². The zero-order valence-electron chi connectivity index (χ0n) is 9.01. The minimum atomic E-state index is -0.816. The summed E-state index contributed by atoms with van der Waals surface area (Å²) in [5, 5.41) is 21.4. The van der Waals surface area contributed by atoms with Gasteiger partial charge in [0.1, 0.15) is 12.0 Å². The lowest BCUT2D eigenvalue weighted by atomic mass is 10.2. The van der Waals surface area contributed by atoms with Gasteiger partial charge >= 0.3 is 5.97 Å². The van der Waals surface area contributed by atoms with Gasteiger partial charge in [-0.2, -0.15) is 0 Å². The Hall–Kier alpha value is -1.75. The van der Waals surface area contributed by atoms with Crippen LogP contribution in [-0.2, 0) is 9.53 Å². The molecule has 1 rings (SSSR count). The molecule has 88 valence electrons. The number of hydrogen-bond acceptors (Lipinski definition) is 5. The Morgan fingerprint density at radius 1 is 1.44 bits per heavy atom. The quantitative estimate of drug-likeness (QED) is 0.397. The Morgan fingerprint density at radius 3 is 2.62 bits per heavy atom. The molecular weight excluding hydrogens is 210 g/mol. The smallest absolute Gasteiger partial charge is 0.305 e. The summed E-state index contributed by atoms with van der Waals surface area (Å²) >= 11 is 0. The lowest BCUT2D eigenvalue weighted by molar-refractivity contribution is -0.141. The van der Waals surface area contributed by atoms with Gasteiger partial charge in [-0.3, -0.25) is 4.79 Å². The molecule has 1 aromatic carbocycles. The summed E-state index contributed by atoms with van der Waals surface area (Å²) in [5.41, 5.74) is 0.676. The lowest BCUT2D eigenvalue weighted by Crippen LogP contribution is -2.20. The van der Waals surface area contributed by atoms with Crippen molar-refractivity contribution in [1.82, 2.24) is 0 Å². The second kappa shape index (κ2) is 5.97. The van der Waals surface area contributed by atoms with Gasteiger partial charge in [0, 0.05) is 18.5 Å². The number of anilines is 1. The minimum Gasteiger partial charge on any atom is -0.508 e. The lowest BCUT2D eigenvalue weighted by Gasteiger charge is -2.13. The van der Waals surface area contributed by atoms with E-state index in [4.69, 9.17) is 5.11 Å². The van der Waals surface area contributed by atoms with Gasteiger partial charge in [0.25, 0.3) is 0 Å². The largest absolute Gasteiger partial charge is 0.508 e. The zero-order chi connectivity index (χ0) is 12.0. The number of aromatic hydroxyl groups is 1. The van der Waals surface area contributed by atoms with Crippen LogP contribution >= 0.6 is 0 Å². The van der Waals surface area contributed by atoms with Crippen molar-refractivity contribution in [3.8, 4) is 5.75 Å². The molecule has 0 fully saturated rings. The molecule has 0 aliphatic rings. The highest BCUT2D eigenvalue weighted by Crippen LogP contribution is 2.15. The van der Waals surface area contributed by atoms with Gasteiger partial charge in [-0.05, 0) is 24.3 Å². The summed E-state index contributed by atoms with van der Waals surface area (Å²) in [6.07, 6.45) is -0.389. The second-order valence-corrected chi connectivity index (χ2v) is 3.32. The number of phenols is 1. The van der Waals surface area contributed by atoms with Crippen LogP contribution in [0.1, 0.15) is 12.8 Å². The van der Waals surface area contributed by atoms with E-state index in [2.05, 4.69) is 10.1 Å². The van der Waals surface area contributed by atoms with Crippen molar-refractivity contribution in [2.24, 2.45) is 0 Å². The van der Waals surface area contributed by atoms with Gasteiger partial charge in [-0.25, -0.2) is 0 Å². The highest BCUT2D eigenvalue weighted by atomic mass is 16.5. The molecule has 1 aromatic rings. The molecule has 1 atom stereocenters. The number of methoxy groups -OCH3 is 1. The zero-order valence-corrected chi connectivity index (χ0v) is 9.01. The molecule has 0 saturated carbocycles. The first-order valence-electron chi connectivity index (χ1n) is 4.92. The van der Waals surface area contributed by atoms with E-state index in [-0.39, 0.29) is 24.6 Å². The summed E-state index contributed by atoms with van der Waals surface area (Å²) in [6, 6.07) is 6.29. The van der Waals surface area contributed by atoms with Crippen LogP contribution in [0.4, 0.5) is 5.69 Å². The number of hydrogen-bond donors (Lipinski definition) is 3. The van der Waals surface area contributed by atoms with Crippen molar-refractivity contribution < 1.29 is 19.7 Å². The predicted octanol–water partition coefficient (Wildman–Crippen LogP) is 1.08. The molecule has 0 aliphatic heterocycles. The van der Waals surface area contributed by atoms with Gasteiger partial charge in [0.2, 0.25) is 0 Å². The van der Waals surface area contributed by atoms with Crippen molar-refractivity contribution in [3.05, 3.63) is 24.3 Å². The maximum Gasteiger partial charge on any atom is 0.305 e. The van der Waals surface area contributed by atoms with E-state index in [1.54, 1.807) is 12.1 Å². The van der Waals surface area contributed by atoms with E-state index in [1.807, 2.05) is 0 Å². The number of ether oxygens (including phenoxy) is 1. The molecule has 5 nitrogen and oxygen atoms in total. The fourth-order valence-corrected chi connectivity index (χ4v) is 1.18. The fourth-order valence-electron chi connectivity index (χ4n) is 1.18. The third kappa shape index (κ3) is 4.18. The van der Waals surface area contributed by atoms with Gasteiger partial charge in [-0.1, -0.05) is 0 Å². The maximum atomic E-state index is 10.8. The van der Waals surface area contributed by atoms with Crippen LogP contribution in [-0.4, -0.2) is 29.5 Å². The maximum absolute atomic E-state index is 10.8. The van der Waals surface area contributed by atoms with Crippen molar-refractivity contribution in [2.75, 3.05) is 12.4 Å². The number of aliphatic hydroxyl groups excluding tert-OH is 1. The molecule has 0 amide bonds. The van der Waals surface area contributed by atoms with Crippen molar-refractivity contribution >= 4 is 11.7 Å². The molecule has 0 radical (unpaired) electrons. The highest BCUT2D eigenvalue weighted by molar-refractivity contribution is 5.69. The Kier molecular flexibility index (Phi) is 4.60. The number of carbonyl (C=O) groups is 1. The summed E-state index contributed by atoms with van der Waals surface area (Å²) in [5.74, 6) is -0.193. The van der Waals surface area contributed by atoms with Crippen LogP contribution in [0.3, 0.4) is 0 Å². The fraction of sp³-hybridized carbons (Fsp3) is 0.364. The van der Waals surface area contributed by atoms with E-state index in [9.17, 15) is 9.90 Å². The Bertz CT molecular complexity index is 336. The SMILES string of the molecule is COC(=O)CCC(O)Nc1ccc(O)cc1. The molecule has 5 heteroatoms. The van der Waals surface area contributed by atoms with Crippen molar-refractivity contribution in [2.45, 2.75) is 19.1 Å². The van der Waals surface area contributed by atoms with Gasteiger partial charge in [-0.15, -0.1) is 0 Å². The van der Waals surface area contributed by atoms with Crippen molar-refractivity contribution in [3.63, 3.8) is 0 Å². The normalized spacial score (nSPS) is 11.9. The van der Waals surface area contributed by atoms with Crippen LogP contribution in [0.25, 0.3) is 0 Å². The average molecular weight is 225 g/mol. The number of aliphatic hydroxyl groups is 1. The Labute approximate surface area is 93.7 Å². The van der Waals surface area contributed by atoms with Gasteiger partial charge in [0.15, 0.2) is 0 Å². The van der Waals surface area contributed by atoms with Crippen LogP contribution in [0.15, 0.2) is 24.3 Å². The molecule has 0 aromatic heterocycles. The first kappa shape index (κ1) is 12.3. The first-order chi connectivity index (χ1) is 7.61. The van der Waals surface area contributed by atoms with E-state index in [0.29, 0.717) is 5.69 Å². The number of esters is 1. The van der Waals surface area contributed by atoms with Crippen LogP contribution in [0, 0.1) is 0 Å². The standard InChI is InChI=1S/C11H15NO4/c1-16-11(15)7-6-10(14)12-8-2-4-9(13)5-3-8/h2-5,10,12-14H,6-7H2,1H3. The third-order valence-electron chi connectivity index (χ3n) is 2.05. The topological polar surface area (TPSA) is 78.8 Å². The Balaban J connectivity index is 2.36. The average Bonchev–Trinajstić information content (AvgIpc) is 2.29. The van der Waals surface area contributed by atoms with Crippen LogP contribution < -0.4 is 5.32 Å². The molecular formula is C11H15NO4. The van der Waals surface area contributed by atoms with E-state index in [1.165, 1.54) is 19.2 Å². The summed E-state index contributed by atoms with van der Waals surface area (Å²) in [4.78, 5) is 10.8. The predicted molar refractivity (Wildman–Crippen MR) is 59.0 cm³/mol. The summed E-state index contributed by atoms with van der Waals surface area (Å²) < 4.78 is 4.46. The minimum absolute atomic E-state index is 0.156. The molecule has 16 heavy (non-hydrogen) atoms. The molecule has 1 unspecified atom stereocenters. The highest BCUT2D eigenvalue weighted by Gasteiger charge is 2.07. The monoisotopic (exact) mass is 225 g/mol. The Morgan fingerprint density at radius 2 is 2.06 bits per heavy atom. The van der Waals surface area contributed by atoms with Crippen LogP contribution in [0.5, 0.6) is 5.75 Å². The van der Waals surface area contributed by atoms with Crippen LogP contribution in [0.2, 0.25) is 0 Å². The third-order valence-corrected chi connectivity index (χ3v) is 2.05. The number of nitrogens with one attached hydrogen (secondary N) is 1. The number of carbonyl (C=O) groups excluding carboxylic acids is 1. The van der Waals surface area contributed by atoms with E-state index in [0.717, 1.165) is 0 Å². The number of phenolic OH excluding ortho intramolecular Hbond substituents is 1. The van der Waals surface area contributed by atoms with Crippen molar-refractivity contribution in [1.29, 1.82) is 0 Å². The second-order valence-electron chi connectivity index (χ2n) is 3.32. The first-order valence-corrected chi connectivity index (χ1v) is 4.92. The molecule has 3 N–H and O–H groups in total. The molecule has 0 spiro atoms. The number of benzene rings is 1. The summed E-state index contributed by atoms with van der Waals surface area (Å²) in [7, 11) is 1.31. The van der Waals surface area contributed by atoms with Gasteiger partial charge < -0.3 is 20.3 Å². The molecule has 0 heterocycles. The molecule has 0 saturated heterocycles. The molecule has 0 bridgehead atoms. The van der Waals surface area contributed by atoms with Gasteiger partial charge in [0.05, 0.1) is 7.11 Å². The molecule has 0 aliphatic carbocycles. The van der Waals surface area contributed by atoms with E-state index >= 15 is 0 Å².